The number of alkyl halides is 1. The number of nitrogens with one attached hydrogen (secondary N) is 2. The zero-order valence-electron chi connectivity index (χ0n) is 23.7. The number of nitrogens with two attached hydrogens (primary N) is 2. The molecule has 7 rings (SSSR count). The minimum atomic E-state index is -4.50. The highest BCUT2D eigenvalue weighted by Gasteiger charge is 2.55. The molecule has 249 valence electrons. The van der Waals surface area contributed by atoms with E-state index in [1.807, 2.05) is 0 Å². The summed E-state index contributed by atoms with van der Waals surface area (Å²) in [5, 5.41) is 5.52. The summed E-state index contributed by atoms with van der Waals surface area (Å²) in [6.45, 7) is -5.29. The molecule has 3 radical (unpaired) electrons. The summed E-state index contributed by atoms with van der Waals surface area (Å²) >= 11 is 5.24. The second-order valence-electron chi connectivity index (χ2n) is 10.9. The van der Waals surface area contributed by atoms with Crippen molar-refractivity contribution in [2.45, 2.75) is 67.6 Å². The molecule has 20 nitrogen and oxygen atoms in total. The fraction of sp³-hybridized carbons (Fsp3) is 0.667. The fourth-order valence-electron chi connectivity index (χ4n) is 5.99. The summed E-state index contributed by atoms with van der Waals surface area (Å²) in [6.07, 6.45) is -8.71. The smallest absolute Gasteiger partial charge is 0.325 e. The number of fused-ring (bicyclic) bond motifs is 5. The van der Waals surface area contributed by atoms with E-state index in [1.165, 1.54) is 35.6 Å². The van der Waals surface area contributed by atoms with Crippen molar-refractivity contribution >= 4 is 62.8 Å². The van der Waals surface area contributed by atoms with Crippen molar-refractivity contribution in [1.82, 2.24) is 35.1 Å². The molecule has 0 aromatic carbocycles. The van der Waals surface area contributed by atoms with Crippen LogP contribution in [0.4, 0.5) is 10.2 Å². The number of methoxy groups -OCH3 is 1. The number of carbonyl (C=O) groups excluding carboxylic acids is 1. The van der Waals surface area contributed by atoms with E-state index in [4.69, 9.17) is 63.1 Å². The van der Waals surface area contributed by atoms with Gasteiger partial charge in [0.05, 0.1) is 33.4 Å². The fourth-order valence-corrected chi connectivity index (χ4v) is 8.40. The molecule has 7 heterocycles. The lowest BCUT2D eigenvalue weighted by Gasteiger charge is -2.41. The Kier molecular flexibility index (Phi) is 8.45. The number of aliphatic imine (C=N–C) groups is 1. The monoisotopic (exact) mass is 704 g/mol. The Bertz CT molecular complexity index is 1650. The molecule has 2 aromatic heterocycles. The largest absolute Gasteiger partial charge is 0.444 e. The first kappa shape index (κ1) is 32.3. The molecule has 7 N–H and O–H groups in total. The molecule has 4 fully saturated rings. The number of carbonyl (C=O) groups is 1. The van der Waals surface area contributed by atoms with Gasteiger partial charge in [0.1, 0.15) is 54.8 Å². The predicted molar refractivity (Wildman–Crippen MR) is 157 cm³/mol. The first-order valence-corrected chi connectivity index (χ1v) is 18.0. The minimum absolute atomic E-state index is 0.0605. The number of aromatic nitrogens is 4. The number of nitrogen functional groups attached to an aromatic ring is 1. The summed E-state index contributed by atoms with van der Waals surface area (Å²) in [5.74, 6) is -0.373. The number of hydrogen-bond donors (Lipinski definition) is 5. The molecule has 0 saturated carbocycles. The Morgan fingerprint density at radius 2 is 1.93 bits per heavy atom. The quantitative estimate of drug-likeness (QED) is 0.166. The second-order valence-corrected chi connectivity index (χ2v) is 15.2. The highest BCUT2D eigenvalue weighted by Crippen LogP contribution is 2.53. The summed E-state index contributed by atoms with van der Waals surface area (Å²) in [6, 6.07) is -0.891. The van der Waals surface area contributed by atoms with Crippen LogP contribution in [0.15, 0.2) is 17.6 Å². The molecule has 2 bridgehead atoms. The van der Waals surface area contributed by atoms with Gasteiger partial charge in [0, 0.05) is 7.11 Å². The van der Waals surface area contributed by atoms with Crippen molar-refractivity contribution in [3.05, 3.63) is 12.7 Å². The zero-order valence-corrected chi connectivity index (χ0v) is 26.3. The van der Waals surface area contributed by atoms with Gasteiger partial charge >= 0.3 is 6.72 Å². The van der Waals surface area contributed by atoms with Crippen LogP contribution in [-0.2, 0) is 53.5 Å². The van der Waals surface area contributed by atoms with E-state index in [1.54, 1.807) is 0 Å². The average Bonchev–Trinajstić information content (AvgIpc) is 3.75. The van der Waals surface area contributed by atoms with E-state index >= 15 is 4.39 Å². The number of ether oxygens (including phenoxy) is 3. The van der Waals surface area contributed by atoms with Crippen molar-refractivity contribution in [3.8, 4) is 0 Å². The van der Waals surface area contributed by atoms with Gasteiger partial charge in [0.15, 0.2) is 36.1 Å². The Morgan fingerprint density at radius 3 is 2.72 bits per heavy atom. The maximum atomic E-state index is 16.1. The summed E-state index contributed by atoms with van der Waals surface area (Å²) in [4.78, 5) is 41.4. The van der Waals surface area contributed by atoms with Gasteiger partial charge in [-0.05, 0) is 11.8 Å². The SMILES string of the molecule is [B-][P@@]1(=O)OCC2OC(n3cnc4c(N)ncnc43)C(F)C2OP(O)(=S)OCC2OC(N3C=NC4C(=O)NC(N)NC43)C(O1)C2OC. The Balaban J connectivity index is 1.17. The third-order valence-corrected chi connectivity index (χ3v) is 10.6. The number of halogens is 1. The first-order chi connectivity index (χ1) is 21.9. The average molecular weight is 704 g/mol. The third-order valence-electron chi connectivity index (χ3n) is 8.02. The molecule has 25 heteroatoms. The number of imidazole rings is 1. The summed E-state index contributed by atoms with van der Waals surface area (Å²) in [7, 11) is 2.87. The van der Waals surface area contributed by atoms with E-state index in [9.17, 15) is 14.3 Å². The Hall–Kier alpha value is -2.24. The first-order valence-electron chi connectivity index (χ1n) is 13.8. The normalized spacial score (nSPS) is 44.7. The van der Waals surface area contributed by atoms with Gasteiger partial charge in [-0.3, -0.25) is 29.9 Å². The molecule has 12 unspecified atom stereocenters. The van der Waals surface area contributed by atoms with Crippen molar-refractivity contribution < 1.29 is 50.9 Å². The Labute approximate surface area is 265 Å². The summed E-state index contributed by atoms with van der Waals surface area (Å²) in [5.41, 5.74) is 12.1. The van der Waals surface area contributed by atoms with Crippen LogP contribution in [0.5, 0.6) is 0 Å². The molecule has 1 amide bonds. The maximum absolute atomic E-state index is 16.1. The second kappa shape index (κ2) is 12.0. The molecule has 0 spiro atoms. The van der Waals surface area contributed by atoms with E-state index in [-0.39, 0.29) is 17.0 Å². The van der Waals surface area contributed by atoms with E-state index < -0.39 is 101 Å². The van der Waals surface area contributed by atoms with Gasteiger partial charge in [-0.2, -0.15) is 0 Å². The maximum Gasteiger partial charge on any atom is 0.325 e. The zero-order chi connectivity index (χ0) is 32.5. The minimum Gasteiger partial charge on any atom is -0.444 e. The van der Waals surface area contributed by atoms with E-state index in [2.05, 4.69) is 30.6 Å². The van der Waals surface area contributed by atoms with Gasteiger partial charge in [-0.25, -0.2) is 19.3 Å². The van der Waals surface area contributed by atoms with Crippen LogP contribution < -0.4 is 22.1 Å². The van der Waals surface area contributed by atoms with Crippen molar-refractivity contribution in [2.24, 2.45) is 10.7 Å². The number of amides is 1. The third kappa shape index (κ3) is 5.76. The molecule has 0 aliphatic carbocycles. The summed E-state index contributed by atoms with van der Waals surface area (Å²) < 4.78 is 71.2. The van der Waals surface area contributed by atoms with Crippen LogP contribution in [0.2, 0.25) is 0 Å². The number of rotatable bonds is 3. The van der Waals surface area contributed by atoms with Crippen LogP contribution in [0, 0.1) is 0 Å². The lowest BCUT2D eigenvalue weighted by Crippen LogP contribution is -2.70. The van der Waals surface area contributed by atoms with Crippen molar-refractivity contribution in [1.29, 1.82) is 0 Å². The van der Waals surface area contributed by atoms with Crippen LogP contribution in [0.1, 0.15) is 6.23 Å². The number of hydrogen-bond acceptors (Lipinski definition) is 18. The molecule has 13 atom stereocenters. The van der Waals surface area contributed by atoms with Gasteiger partial charge < -0.3 is 60.8 Å². The molecular formula is C21H28BFN10O10P2S-. The molecule has 2 aromatic rings. The van der Waals surface area contributed by atoms with Gasteiger partial charge in [-0.15, -0.1) is 0 Å². The van der Waals surface area contributed by atoms with Gasteiger partial charge in [-0.1, -0.05) is 0 Å². The molecule has 4 saturated heterocycles. The highest BCUT2D eigenvalue weighted by molar-refractivity contribution is 8.07. The topological polar surface area (TPSA) is 254 Å². The van der Waals surface area contributed by atoms with Crippen LogP contribution >= 0.6 is 14.2 Å². The highest BCUT2D eigenvalue weighted by atomic mass is 32.5. The van der Waals surface area contributed by atoms with Crippen LogP contribution in [0.3, 0.4) is 0 Å². The van der Waals surface area contributed by atoms with Crippen molar-refractivity contribution in [2.75, 3.05) is 26.1 Å². The lowest BCUT2D eigenvalue weighted by atomic mass is 10.1. The van der Waals surface area contributed by atoms with Crippen LogP contribution in [0.25, 0.3) is 11.2 Å². The van der Waals surface area contributed by atoms with E-state index in [0.29, 0.717) is 0 Å². The standard InChI is InChI=1S/C21H28BFN10O10P2S/c1-37-13-8-3-39-45(36,46)43-12-7(40-19(9(12)23)32-5-28-10-15(24)26-4-27-16(10)32)2-38-44(22,35)42-14(13)20(41-8)33-6-29-11-17(33)30-21(25)31-18(11)34/h4-9,11-14,17,19-21,30H,2-3,25H2,1H3,(H,31,34)(H,36,46)(H2,24,26,27)/q-1/t7?,8?,9?,11?,12?,13?,14?,17?,19?,20?,21?,44-,45?/m1/s1. The lowest BCUT2D eigenvalue weighted by molar-refractivity contribution is -0.130. The number of nitrogens with zero attached hydrogens (tertiary/aromatic N) is 6. The molecular weight excluding hydrogens is 676 g/mol. The molecule has 46 heavy (non-hydrogen) atoms. The van der Waals surface area contributed by atoms with Gasteiger partial charge in [0.2, 0.25) is 0 Å². The predicted octanol–water partition coefficient (Wildman–Crippen LogP) is -2.31. The van der Waals surface area contributed by atoms with Crippen molar-refractivity contribution in [3.63, 3.8) is 0 Å². The molecule has 5 aliphatic heterocycles. The van der Waals surface area contributed by atoms with E-state index in [0.717, 1.165) is 0 Å². The number of anilines is 1. The van der Waals surface area contributed by atoms with Gasteiger partial charge in [0.25, 0.3) is 5.91 Å². The molecule has 5 aliphatic rings. The van der Waals surface area contributed by atoms with Crippen LogP contribution in [-0.4, -0.2) is 131 Å². The Morgan fingerprint density at radius 1 is 1.17 bits per heavy atom.